The Morgan fingerprint density at radius 1 is 0.213 bits per heavy atom. The number of benzene rings is 9. The van der Waals surface area contributed by atoms with Crippen molar-refractivity contribution in [1.29, 1.82) is 0 Å². The fourth-order valence-corrected chi connectivity index (χ4v) is 14.2. The molecule has 0 N–H and O–H groups in total. The third kappa shape index (κ3) is 8.65. The van der Waals surface area contributed by atoms with Crippen molar-refractivity contribution in [2.45, 2.75) is 0 Å². The van der Waals surface area contributed by atoms with Crippen molar-refractivity contribution < 1.29 is 4.42 Å². The van der Waals surface area contributed by atoms with Crippen LogP contribution in [0.4, 0.5) is 0 Å². The molecule has 0 aliphatic carbocycles. The van der Waals surface area contributed by atoms with Gasteiger partial charge >= 0.3 is 0 Å². The quantitative estimate of drug-likeness (QED) is 0.134. The molecule has 0 atom stereocenters. The Balaban J connectivity index is 0.857. The van der Waals surface area contributed by atoms with E-state index in [2.05, 4.69) is 214 Å². The van der Waals surface area contributed by atoms with Gasteiger partial charge in [0.25, 0.3) is 0 Å². The average Bonchev–Trinajstić information content (AvgIpc) is 1.59. The minimum atomic E-state index is 0.779. The van der Waals surface area contributed by atoms with E-state index < -0.39 is 0 Å². The van der Waals surface area contributed by atoms with E-state index in [0.29, 0.717) is 0 Å². The van der Waals surface area contributed by atoms with Gasteiger partial charge in [0.05, 0.1) is 67.3 Å². The number of pyridine rings is 6. The van der Waals surface area contributed by atoms with Crippen LogP contribution in [-0.4, -0.2) is 43.6 Å². The van der Waals surface area contributed by atoms with Crippen molar-refractivity contribution in [3.8, 4) is 95.7 Å². The Labute approximate surface area is 538 Å². The molecule has 0 bridgehead atoms. The summed E-state index contributed by atoms with van der Waals surface area (Å²) in [6.45, 7) is 0. The van der Waals surface area contributed by atoms with Crippen molar-refractivity contribution in [3.63, 3.8) is 0 Å². The zero-order valence-corrected chi connectivity index (χ0v) is 50.4. The second-order valence-corrected chi connectivity index (χ2v) is 23.9. The van der Waals surface area contributed by atoms with Gasteiger partial charge in [-0.2, -0.15) is 0 Å². The van der Waals surface area contributed by atoms with E-state index in [4.69, 9.17) is 34.3 Å². The summed E-state index contributed by atoms with van der Waals surface area (Å²) < 4.78 is 14.5. The highest BCUT2D eigenvalue weighted by Gasteiger charge is 2.24. The van der Waals surface area contributed by atoms with E-state index >= 15 is 0 Å². The Morgan fingerprint density at radius 3 is 0.862 bits per heavy atom. The van der Waals surface area contributed by atoms with E-state index in [1.54, 1.807) is 0 Å². The molecule has 0 unspecified atom stereocenters. The topological polar surface area (TPSA) is 105 Å². The average molecular weight is 1200 g/mol. The van der Waals surface area contributed by atoms with Gasteiger partial charge in [-0.15, -0.1) is 0 Å². The molecule has 94 heavy (non-hydrogen) atoms. The van der Waals surface area contributed by atoms with Crippen molar-refractivity contribution in [2.24, 2.45) is 0 Å². The van der Waals surface area contributed by atoms with Crippen LogP contribution in [-0.2, 0) is 0 Å². The maximum absolute atomic E-state index is 7.31. The highest BCUT2D eigenvalue weighted by molar-refractivity contribution is 6.17. The van der Waals surface area contributed by atoms with Gasteiger partial charge in [0.1, 0.15) is 11.2 Å². The van der Waals surface area contributed by atoms with Crippen LogP contribution in [0.2, 0.25) is 0 Å². The number of rotatable bonds is 10. The van der Waals surface area contributed by atoms with Gasteiger partial charge < -0.3 is 18.1 Å². The molecule has 10 aromatic heterocycles. The predicted octanol–water partition coefficient (Wildman–Crippen LogP) is 20.9. The van der Waals surface area contributed by atoms with E-state index in [0.717, 1.165) is 183 Å². The van der Waals surface area contributed by atoms with Gasteiger partial charge in [0, 0.05) is 136 Å². The Bertz CT molecular complexity index is 5910. The number of nitrogens with zero attached hydrogens (tertiary/aromatic N) is 9. The van der Waals surface area contributed by atoms with Gasteiger partial charge in [0.2, 0.25) is 0 Å². The summed E-state index contributed by atoms with van der Waals surface area (Å²) >= 11 is 0. The van der Waals surface area contributed by atoms with Crippen LogP contribution in [0.5, 0.6) is 0 Å². The molecule has 0 fully saturated rings. The molecule has 9 aromatic carbocycles. The smallest absolute Gasteiger partial charge is 0.143 e. The maximum Gasteiger partial charge on any atom is 0.143 e. The largest absolute Gasteiger partial charge is 0.455 e. The van der Waals surface area contributed by atoms with E-state index in [-0.39, 0.29) is 0 Å². The van der Waals surface area contributed by atoms with Crippen molar-refractivity contribution in [3.05, 3.63) is 310 Å². The molecule has 0 spiro atoms. The summed E-state index contributed by atoms with van der Waals surface area (Å²) in [5.41, 5.74) is 24.7. The Morgan fingerprint density at radius 2 is 0.532 bits per heavy atom. The lowest BCUT2D eigenvalue weighted by Gasteiger charge is -2.14. The lowest BCUT2D eigenvalue weighted by atomic mass is 10.00. The minimum absolute atomic E-state index is 0.779. The molecule has 19 aromatic rings. The minimum Gasteiger partial charge on any atom is -0.455 e. The molecule has 438 valence electrons. The maximum atomic E-state index is 7.31. The highest BCUT2D eigenvalue weighted by atomic mass is 16.3. The molecule has 10 nitrogen and oxygen atoms in total. The van der Waals surface area contributed by atoms with Gasteiger partial charge in [-0.1, -0.05) is 84.9 Å². The van der Waals surface area contributed by atoms with Gasteiger partial charge in [-0.25, -0.2) is 0 Å². The molecular weight excluding hydrogens is 1150 g/mol. The van der Waals surface area contributed by atoms with Crippen LogP contribution in [0.25, 0.3) is 183 Å². The van der Waals surface area contributed by atoms with E-state index in [1.165, 1.54) is 0 Å². The molecule has 0 amide bonds. The standard InChI is InChI=1S/C84H51N9O/c1-7-36-85-71(16-1)53-22-29-77-63(43-53)64-44-54(72-17-2-8-37-86-72)23-30-78(64)91(77)59-15-13-14-52(42-59)62-50-61(93-81-33-26-57(75-20-5-11-40-89-75)47-67(81)68-48-58(27-34-82(68)93)76-21-6-12-41-90-76)51-70-69-49-60(28-35-83(69)94-84(62)70)92-79-31-24-55(73-18-3-9-38-87-73)45-65(79)66-46-56(25-32-80(66)92)74-19-4-10-39-88-74/h1-51H. The lowest BCUT2D eigenvalue weighted by molar-refractivity contribution is 0.670. The van der Waals surface area contributed by atoms with Crippen LogP contribution in [0.1, 0.15) is 0 Å². The van der Waals surface area contributed by atoms with E-state index in [9.17, 15) is 0 Å². The molecule has 19 rings (SSSR count). The summed E-state index contributed by atoms with van der Waals surface area (Å²) in [7, 11) is 0. The van der Waals surface area contributed by atoms with Crippen LogP contribution in [0, 0.1) is 0 Å². The van der Waals surface area contributed by atoms with Crippen LogP contribution in [0.3, 0.4) is 0 Å². The summed E-state index contributed by atoms with van der Waals surface area (Å²) in [5.74, 6) is 0. The first-order chi connectivity index (χ1) is 46.6. The van der Waals surface area contributed by atoms with Gasteiger partial charge in [0.15, 0.2) is 0 Å². The third-order valence-electron chi connectivity index (χ3n) is 18.5. The number of fused-ring (bicyclic) bond motifs is 12. The van der Waals surface area contributed by atoms with Gasteiger partial charge in [-0.05, 0) is 194 Å². The first kappa shape index (κ1) is 53.0. The summed E-state index contributed by atoms with van der Waals surface area (Å²) in [6.07, 6.45) is 11.1. The van der Waals surface area contributed by atoms with Gasteiger partial charge in [-0.3, -0.25) is 29.9 Å². The third-order valence-corrected chi connectivity index (χ3v) is 18.5. The first-order valence-electron chi connectivity index (χ1n) is 31.4. The Kier molecular flexibility index (Phi) is 12.0. The second kappa shape index (κ2) is 21.4. The molecule has 0 saturated carbocycles. The summed E-state index contributed by atoms with van der Waals surface area (Å²) in [6, 6.07) is 96.8. The van der Waals surface area contributed by atoms with Crippen LogP contribution >= 0.6 is 0 Å². The molecule has 0 aliphatic rings. The molecule has 10 heteroatoms. The normalized spacial score (nSPS) is 11.8. The number of aromatic nitrogens is 9. The SMILES string of the molecule is c1ccc(-c2ccc3c(c2)c2cc(-c4ccccn4)ccc2n3-c2cccc(-c3cc(-n4c5ccc(-c6ccccn6)cc5c5cc(-c6ccccn6)ccc54)cc4c3oc3ccc(-n5c6ccc(-c7ccccn7)cc6c6cc(-c7ccccn7)ccc65)cc34)c2)nc1. The molecule has 0 radical (unpaired) electrons. The van der Waals surface area contributed by atoms with Crippen molar-refractivity contribution in [2.75, 3.05) is 0 Å². The lowest BCUT2D eigenvalue weighted by Crippen LogP contribution is -1.97. The van der Waals surface area contributed by atoms with Crippen molar-refractivity contribution in [1.82, 2.24) is 43.6 Å². The zero-order chi connectivity index (χ0) is 61.8. The highest BCUT2D eigenvalue weighted by Crippen LogP contribution is 2.46. The molecule has 0 aliphatic heterocycles. The monoisotopic (exact) mass is 1200 g/mol. The summed E-state index contributed by atoms with van der Waals surface area (Å²) in [4.78, 5) is 28.7. The number of hydrogen-bond donors (Lipinski definition) is 0. The summed E-state index contributed by atoms with van der Waals surface area (Å²) in [5, 5.41) is 8.65. The number of furan rings is 1. The first-order valence-corrected chi connectivity index (χ1v) is 31.4. The predicted molar refractivity (Wildman–Crippen MR) is 382 cm³/mol. The fraction of sp³-hybridized carbons (Fsp3) is 0. The van der Waals surface area contributed by atoms with Crippen LogP contribution in [0.15, 0.2) is 315 Å². The molecular formula is C84H51N9O. The van der Waals surface area contributed by atoms with Crippen molar-refractivity contribution >= 4 is 87.4 Å². The van der Waals surface area contributed by atoms with Crippen LogP contribution < -0.4 is 0 Å². The fourth-order valence-electron chi connectivity index (χ4n) is 14.2. The Hall–Kier alpha value is -12.9. The number of hydrogen-bond acceptors (Lipinski definition) is 7. The molecule has 10 heterocycles. The molecule has 0 saturated heterocycles. The van der Waals surface area contributed by atoms with E-state index in [1.807, 2.05) is 110 Å². The zero-order valence-electron chi connectivity index (χ0n) is 50.4. The second-order valence-electron chi connectivity index (χ2n) is 23.9.